The summed E-state index contributed by atoms with van der Waals surface area (Å²) >= 11 is 1.79. The third-order valence-electron chi connectivity index (χ3n) is 8.36. The minimum atomic E-state index is 0.620. The summed E-state index contributed by atoms with van der Waals surface area (Å²) in [6.45, 7) is 0. The molecular weight excluding hydrogens is 583 g/mol. The molecule has 5 heteroatoms. The Bertz CT molecular complexity index is 2480. The minimum Gasteiger partial charge on any atom is -0.436 e. The van der Waals surface area contributed by atoms with Crippen LogP contribution < -0.4 is 0 Å². The minimum absolute atomic E-state index is 0.620. The Morgan fingerprint density at radius 3 is 1.93 bits per heavy atom. The fraction of sp³-hybridized carbons (Fsp3) is 0. The number of hydrogen-bond donors (Lipinski definition) is 0. The van der Waals surface area contributed by atoms with E-state index >= 15 is 0 Å². The second kappa shape index (κ2) is 10.9. The molecule has 0 aliphatic heterocycles. The van der Waals surface area contributed by atoms with Crippen LogP contribution in [0.5, 0.6) is 0 Å². The van der Waals surface area contributed by atoms with Gasteiger partial charge in [0.05, 0.1) is 11.4 Å². The average molecular weight is 608 g/mol. The molecule has 0 fully saturated rings. The molecule has 9 rings (SSSR count). The Morgan fingerprint density at radius 1 is 0.457 bits per heavy atom. The standard InChI is InChI=1S/C41H25N3OS/c1-3-10-26(11-4-1)27-18-20-28(21-19-27)34-25-35(43-40(42-34)29-12-5-2-6-13-29)31-14-9-17-38-39(31)32-24-30(22-23-37(32)46-38)41-44-33-15-7-8-16-36(33)45-41/h1-25H. The molecule has 0 unspecified atom stereocenters. The predicted molar refractivity (Wildman–Crippen MR) is 190 cm³/mol. The van der Waals surface area contributed by atoms with Gasteiger partial charge in [0.15, 0.2) is 11.4 Å². The van der Waals surface area contributed by atoms with E-state index in [1.54, 1.807) is 11.3 Å². The van der Waals surface area contributed by atoms with Gasteiger partial charge in [-0.05, 0) is 53.6 Å². The van der Waals surface area contributed by atoms with Crippen LogP contribution >= 0.6 is 11.3 Å². The van der Waals surface area contributed by atoms with Crippen LogP contribution in [0, 0.1) is 0 Å². The van der Waals surface area contributed by atoms with Crippen molar-refractivity contribution in [1.82, 2.24) is 15.0 Å². The molecule has 0 radical (unpaired) electrons. The number of fused-ring (bicyclic) bond motifs is 4. The molecule has 9 aromatic rings. The van der Waals surface area contributed by atoms with E-state index < -0.39 is 0 Å². The van der Waals surface area contributed by atoms with Crippen LogP contribution in [0.2, 0.25) is 0 Å². The van der Waals surface area contributed by atoms with Crippen LogP contribution in [-0.4, -0.2) is 15.0 Å². The second-order valence-electron chi connectivity index (χ2n) is 11.2. The topological polar surface area (TPSA) is 51.8 Å². The van der Waals surface area contributed by atoms with Gasteiger partial charge in [0.2, 0.25) is 5.89 Å². The van der Waals surface area contributed by atoms with E-state index in [1.165, 1.54) is 25.9 Å². The largest absolute Gasteiger partial charge is 0.436 e. The lowest BCUT2D eigenvalue weighted by atomic mass is 9.99. The Labute approximate surface area is 269 Å². The van der Waals surface area contributed by atoms with Gasteiger partial charge >= 0.3 is 0 Å². The zero-order chi connectivity index (χ0) is 30.5. The lowest BCUT2D eigenvalue weighted by Gasteiger charge is -2.11. The molecule has 3 aromatic heterocycles. The van der Waals surface area contributed by atoms with Crippen molar-refractivity contribution in [2.45, 2.75) is 0 Å². The number of oxazole rings is 1. The lowest BCUT2D eigenvalue weighted by Crippen LogP contribution is -1.96. The number of para-hydroxylation sites is 2. The summed E-state index contributed by atoms with van der Waals surface area (Å²) in [5.41, 5.74) is 9.81. The van der Waals surface area contributed by atoms with Crippen molar-refractivity contribution in [1.29, 1.82) is 0 Å². The molecular formula is C41H25N3OS. The third-order valence-corrected chi connectivity index (χ3v) is 9.49. The van der Waals surface area contributed by atoms with E-state index in [1.807, 2.05) is 48.5 Å². The highest BCUT2D eigenvalue weighted by Gasteiger charge is 2.17. The molecule has 0 bridgehead atoms. The molecule has 0 spiro atoms. The number of hydrogen-bond acceptors (Lipinski definition) is 5. The van der Waals surface area contributed by atoms with Crippen molar-refractivity contribution in [3.8, 4) is 56.5 Å². The van der Waals surface area contributed by atoms with Crippen molar-refractivity contribution in [3.63, 3.8) is 0 Å². The van der Waals surface area contributed by atoms with Gasteiger partial charge in [-0.2, -0.15) is 0 Å². The lowest BCUT2D eigenvalue weighted by molar-refractivity contribution is 0.620. The quantitative estimate of drug-likeness (QED) is 0.195. The zero-order valence-electron chi connectivity index (χ0n) is 24.6. The van der Waals surface area contributed by atoms with Gasteiger partial charge in [-0.15, -0.1) is 11.3 Å². The molecule has 0 amide bonds. The maximum absolute atomic E-state index is 6.14. The number of rotatable bonds is 5. The van der Waals surface area contributed by atoms with Crippen LogP contribution in [0.25, 0.3) is 87.8 Å². The van der Waals surface area contributed by atoms with E-state index in [4.69, 9.17) is 19.4 Å². The summed E-state index contributed by atoms with van der Waals surface area (Å²) in [4.78, 5) is 15.0. The Balaban J connectivity index is 1.22. The van der Waals surface area contributed by atoms with Gasteiger partial charge in [-0.3, -0.25) is 0 Å². The number of benzene rings is 6. The summed E-state index contributed by atoms with van der Waals surface area (Å²) in [7, 11) is 0. The summed E-state index contributed by atoms with van der Waals surface area (Å²) in [6.07, 6.45) is 0. The highest BCUT2D eigenvalue weighted by atomic mass is 32.1. The number of aromatic nitrogens is 3. The zero-order valence-corrected chi connectivity index (χ0v) is 25.4. The highest BCUT2D eigenvalue weighted by molar-refractivity contribution is 7.26. The molecule has 0 aliphatic carbocycles. The molecule has 0 aliphatic rings. The maximum Gasteiger partial charge on any atom is 0.227 e. The van der Waals surface area contributed by atoms with E-state index in [2.05, 4.69) is 103 Å². The SMILES string of the molecule is c1ccc(-c2ccc(-c3cc(-c4cccc5sc6ccc(-c7nc8ccccc8o7)cc6c45)nc(-c4ccccc4)n3)cc2)cc1. The monoisotopic (exact) mass is 607 g/mol. The van der Waals surface area contributed by atoms with E-state index in [0.29, 0.717) is 11.7 Å². The predicted octanol–water partition coefficient (Wildman–Crippen LogP) is 11.3. The van der Waals surface area contributed by atoms with Gasteiger partial charge in [0.25, 0.3) is 0 Å². The number of thiophene rings is 1. The first-order valence-electron chi connectivity index (χ1n) is 15.2. The smallest absolute Gasteiger partial charge is 0.227 e. The molecule has 0 saturated carbocycles. The summed E-state index contributed by atoms with van der Waals surface area (Å²) in [6, 6.07) is 52.2. The van der Waals surface area contributed by atoms with Crippen LogP contribution in [0.1, 0.15) is 0 Å². The second-order valence-corrected chi connectivity index (χ2v) is 12.3. The van der Waals surface area contributed by atoms with Crippen LogP contribution in [0.15, 0.2) is 156 Å². The highest BCUT2D eigenvalue weighted by Crippen LogP contribution is 2.42. The van der Waals surface area contributed by atoms with Gasteiger partial charge in [0.1, 0.15) is 5.52 Å². The van der Waals surface area contributed by atoms with Crippen LogP contribution in [0.4, 0.5) is 0 Å². The van der Waals surface area contributed by atoms with Crippen molar-refractivity contribution < 1.29 is 4.42 Å². The number of nitrogens with zero attached hydrogens (tertiary/aromatic N) is 3. The van der Waals surface area contributed by atoms with Crippen molar-refractivity contribution >= 4 is 42.6 Å². The van der Waals surface area contributed by atoms with E-state index in [0.717, 1.165) is 50.1 Å². The van der Waals surface area contributed by atoms with Crippen LogP contribution in [0.3, 0.4) is 0 Å². The Hall–Kier alpha value is -5.91. The normalized spacial score (nSPS) is 11.5. The van der Waals surface area contributed by atoms with Crippen molar-refractivity contribution in [2.75, 3.05) is 0 Å². The molecule has 3 heterocycles. The fourth-order valence-corrected chi connectivity index (χ4v) is 7.19. The van der Waals surface area contributed by atoms with E-state index in [9.17, 15) is 0 Å². The molecule has 216 valence electrons. The summed E-state index contributed by atoms with van der Waals surface area (Å²) in [5, 5.41) is 2.33. The van der Waals surface area contributed by atoms with Crippen LogP contribution in [-0.2, 0) is 0 Å². The fourth-order valence-electron chi connectivity index (χ4n) is 6.08. The molecule has 0 N–H and O–H groups in total. The first kappa shape index (κ1) is 26.5. The molecule has 4 nitrogen and oxygen atoms in total. The van der Waals surface area contributed by atoms with Gasteiger partial charge < -0.3 is 4.42 Å². The average Bonchev–Trinajstić information content (AvgIpc) is 3.74. The Kier molecular flexibility index (Phi) is 6.28. The first-order chi connectivity index (χ1) is 22.8. The molecule has 0 saturated heterocycles. The molecule has 0 atom stereocenters. The van der Waals surface area contributed by atoms with Crippen molar-refractivity contribution in [2.24, 2.45) is 0 Å². The molecule has 6 aromatic carbocycles. The van der Waals surface area contributed by atoms with Crippen molar-refractivity contribution in [3.05, 3.63) is 152 Å². The summed E-state index contributed by atoms with van der Waals surface area (Å²) in [5.74, 6) is 1.32. The van der Waals surface area contributed by atoms with E-state index in [-0.39, 0.29) is 0 Å². The maximum atomic E-state index is 6.14. The summed E-state index contributed by atoms with van der Waals surface area (Å²) < 4.78 is 8.55. The van der Waals surface area contributed by atoms with Gasteiger partial charge in [0, 0.05) is 42.4 Å². The Morgan fingerprint density at radius 2 is 1.13 bits per heavy atom. The first-order valence-corrected chi connectivity index (χ1v) is 16.0. The molecule has 46 heavy (non-hydrogen) atoms. The van der Waals surface area contributed by atoms with Gasteiger partial charge in [-0.25, -0.2) is 15.0 Å². The van der Waals surface area contributed by atoms with Gasteiger partial charge in [-0.1, -0.05) is 109 Å². The third kappa shape index (κ3) is 4.66.